The van der Waals surface area contributed by atoms with Crippen LogP contribution < -0.4 is 29.2 Å². The number of hydrogen-bond acceptors (Lipinski definition) is 8. The summed E-state index contributed by atoms with van der Waals surface area (Å²) >= 11 is 1.84. The Hall–Kier alpha value is -11.7. The Kier molecular flexibility index (Phi) is 60.5. The highest BCUT2D eigenvalue weighted by molar-refractivity contribution is 7.99. The van der Waals surface area contributed by atoms with Crippen LogP contribution in [0.5, 0.6) is 11.5 Å². The molecule has 6 heterocycles. The number of hydrogen-bond donors (Lipinski definition) is 0. The van der Waals surface area contributed by atoms with Crippen LogP contribution in [0.3, 0.4) is 0 Å². The van der Waals surface area contributed by atoms with Gasteiger partial charge in [0.1, 0.15) is 5.82 Å². The lowest BCUT2D eigenvalue weighted by Crippen LogP contribution is -2.23. The maximum absolute atomic E-state index is 5.81. The molecule has 0 N–H and O–H groups in total. The highest BCUT2D eigenvalue weighted by Gasteiger charge is 2.27. The van der Waals surface area contributed by atoms with Crippen LogP contribution in [-0.4, -0.2) is 42.3 Å². The van der Waals surface area contributed by atoms with Crippen LogP contribution in [0.15, 0.2) is 337 Å². The van der Waals surface area contributed by atoms with E-state index >= 15 is 0 Å². The first-order valence-electron chi connectivity index (χ1n) is 46.4. The summed E-state index contributed by atoms with van der Waals surface area (Å²) in [7, 11) is 12.6. The summed E-state index contributed by atoms with van der Waals surface area (Å²) in [6.07, 6.45) is 1.05. The Morgan fingerprint density at radius 3 is 0.903 bits per heavy atom. The van der Waals surface area contributed by atoms with Gasteiger partial charge in [-0.15, -0.1) is 0 Å². The minimum atomic E-state index is 0.915. The zero-order valence-electron chi connectivity index (χ0n) is 82.8. The van der Waals surface area contributed by atoms with E-state index in [1.54, 1.807) is 0 Å². The van der Waals surface area contributed by atoms with Crippen molar-refractivity contribution in [3.05, 3.63) is 339 Å². The molecule has 0 atom stereocenters. The van der Waals surface area contributed by atoms with Crippen molar-refractivity contribution in [3.8, 4) is 22.9 Å². The van der Waals surface area contributed by atoms with Crippen LogP contribution in [0.4, 0.5) is 62.6 Å². The van der Waals surface area contributed by atoms with Crippen LogP contribution in [0, 0.1) is 0 Å². The van der Waals surface area contributed by atoms with Crippen molar-refractivity contribution >= 4 is 107 Å². The third-order valence-electron chi connectivity index (χ3n) is 18.1. The molecule has 4 aliphatic rings. The lowest BCUT2D eigenvalue weighted by molar-refractivity contribution is 0.475. The smallest absolute Gasteiger partial charge is 0.151 e. The summed E-state index contributed by atoms with van der Waals surface area (Å²) in [6.45, 7) is 56.0. The van der Waals surface area contributed by atoms with Gasteiger partial charge in [-0.2, -0.15) is 0 Å². The summed E-state index contributed by atoms with van der Waals surface area (Å²) in [6, 6.07) is 113. The number of benzene rings is 13. The summed E-state index contributed by atoms with van der Waals surface area (Å²) < 4.78 is 10.2. The molecule has 10 heteroatoms. The fourth-order valence-corrected chi connectivity index (χ4v) is 14.3. The van der Waals surface area contributed by atoms with E-state index in [4.69, 9.17) is 4.74 Å². The van der Waals surface area contributed by atoms with Crippen molar-refractivity contribution in [1.29, 1.82) is 0 Å². The Bertz CT molecular complexity index is 4740. The standard InChI is InChI=1S/C19H16N2.C14H12N2.C14H13N.C13H11NO.C13H11NS.C13H11N.14C2H6/c1-20-16-11-5-7-13-18(16)21(15-9-3-2-4-10-15)19-14-8-6-12-17(19)20;1-16-13-10-6-5-9-12(13)15-14(16)11-7-3-2-4-8-11;1-15-13-8-4-2-6-11(13)10-12-7-3-5-9-14(12)15;2*1-14-10-6-2-4-8-12(10)15-13-9-5-3-7-11(13)14;1-14-12-8-4-2-6-10(12)11-7-3-5-9-13(11)14;14*1-2/h2-14H,1H3;2-10H,1H3;2-9H,10H2,1H3;2*2-9H,1H3;2-9H,1H3;14*1-2H3. The zero-order chi connectivity index (χ0) is 93.5. The maximum Gasteiger partial charge on any atom is 0.151 e. The lowest BCUT2D eigenvalue weighted by atomic mass is 9.96. The highest BCUT2D eigenvalue weighted by atomic mass is 32.2. The molecule has 0 aliphatic carbocycles. The molecule has 15 aromatic rings. The largest absolute Gasteiger partial charge is 0.453 e. The number of anilines is 11. The summed E-state index contributed by atoms with van der Waals surface area (Å²) in [5.41, 5.74) is 22.3. The predicted octanol–water partition coefficient (Wildman–Crippen LogP) is 37.0. The van der Waals surface area contributed by atoms with Gasteiger partial charge in [0, 0.05) is 103 Å². The van der Waals surface area contributed by atoms with Gasteiger partial charge in [-0.3, -0.25) is 0 Å². The van der Waals surface area contributed by atoms with E-state index in [1.807, 2.05) is 278 Å². The van der Waals surface area contributed by atoms with E-state index in [1.165, 1.54) is 99.4 Å². The number of rotatable bonds is 2. The number of nitrogens with zero attached hydrogens (tertiary/aromatic N) is 8. The zero-order valence-corrected chi connectivity index (χ0v) is 83.6. The maximum atomic E-state index is 5.81. The van der Waals surface area contributed by atoms with E-state index in [9.17, 15) is 0 Å². The molecular formula is C114H158N8OS. The van der Waals surface area contributed by atoms with Gasteiger partial charge in [0.15, 0.2) is 11.5 Å². The molecule has 0 bridgehead atoms. The van der Waals surface area contributed by atoms with Gasteiger partial charge >= 0.3 is 0 Å². The van der Waals surface area contributed by atoms with Gasteiger partial charge < -0.3 is 38.4 Å². The van der Waals surface area contributed by atoms with Crippen LogP contribution in [0.2, 0.25) is 0 Å². The number of aryl methyl sites for hydroxylation is 2. The van der Waals surface area contributed by atoms with E-state index in [-0.39, 0.29) is 0 Å². The molecule has 2 aromatic heterocycles. The second-order valence-corrected chi connectivity index (χ2v) is 24.9. The molecule has 0 saturated carbocycles. The molecule has 0 amide bonds. The summed E-state index contributed by atoms with van der Waals surface area (Å²) in [5.74, 6) is 2.85. The van der Waals surface area contributed by atoms with Gasteiger partial charge in [-0.05, 0) is 132 Å². The van der Waals surface area contributed by atoms with Crippen molar-refractivity contribution < 1.29 is 4.74 Å². The van der Waals surface area contributed by atoms with E-state index in [2.05, 4.69) is 336 Å². The normalized spacial score (nSPS) is 10.3. The molecule has 0 spiro atoms. The van der Waals surface area contributed by atoms with Gasteiger partial charge in [-0.25, -0.2) is 4.98 Å². The van der Waals surface area contributed by atoms with Crippen LogP contribution in [0.1, 0.15) is 205 Å². The van der Waals surface area contributed by atoms with Crippen molar-refractivity contribution in [2.45, 2.75) is 210 Å². The molecular weight excluding hydrogens is 1530 g/mol. The number of fused-ring (bicyclic) bond motifs is 12. The lowest BCUT2D eigenvalue weighted by Gasteiger charge is -2.38. The third kappa shape index (κ3) is 30.1. The molecule has 124 heavy (non-hydrogen) atoms. The second-order valence-electron chi connectivity index (χ2n) is 23.8. The number of aromatic nitrogens is 3. The van der Waals surface area contributed by atoms with Gasteiger partial charge in [0.2, 0.25) is 0 Å². The average molecular weight is 1690 g/mol. The Morgan fingerprint density at radius 1 is 0.234 bits per heavy atom. The molecule has 0 saturated heterocycles. The molecule has 0 radical (unpaired) electrons. The van der Waals surface area contributed by atoms with Crippen molar-refractivity contribution in [2.24, 2.45) is 14.1 Å². The van der Waals surface area contributed by atoms with Crippen LogP contribution >= 0.6 is 11.8 Å². The number of ether oxygens (including phenoxy) is 1. The Labute approximate surface area is 759 Å². The summed E-state index contributed by atoms with van der Waals surface area (Å²) in [4.78, 5) is 18.6. The molecule has 666 valence electrons. The first kappa shape index (κ1) is 112. The van der Waals surface area contributed by atoms with E-state index in [0.717, 1.165) is 46.2 Å². The first-order valence-corrected chi connectivity index (χ1v) is 47.2. The topological polar surface area (TPSA) is 48.2 Å². The monoisotopic (exact) mass is 1690 g/mol. The molecule has 0 unspecified atom stereocenters. The van der Waals surface area contributed by atoms with E-state index in [0.29, 0.717) is 0 Å². The molecule has 0 fully saturated rings. The molecule has 13 aromatic carbocycles. The quantitative estimate of drug-likeness (QED) is 0.170. The van der Waals surface area contributed by atoms with Crippen molar-refractivity contribution in [1.82, 2.24) is 14.1 Å². The van der Waals surface area contributed by atoms with Gasteiger partial charge in [0.25, 0.3) is 0 Å². The van der Waals surface area contributed by atoms with Crippen molar-refractivity contribution in [3.63, 3.8) is 0 Å². The number of para-hydroxylation sites is 17. The molecule has 19 rings (SSSR count). The average Bonchev–Trinajstić information content (AvgIpc) is 1.06. The Balaban J connectivity index is 0.00000139. The van der Waals surface area contributed by atoms with Crippen LogP contribution in [0.25, 0.3) is 44.2 Å². The SMILES string of the molecule is CC.CC.CC.CC.CC.CC.CC.CC.CC.CC.CC.CC.CC.CC.CN1c2ccccc2Cc2ccccc21.CN1c2ccccc2N(c2ccccc2)c2ccccc21.CN1c2ccccc2Oc2ccccc21.CN1c2ccccc2Sc2ccccc21.Cn1c(-c2ccccc2)nc2ccccc21.Cn1c2ccccc2c2ccccc21. The highest BCUT2D eigenvalue weighted by Crippen LogP contribution is 2.51. The first-order chi connectivity index (χ1) is 61.2. The third-order valence-corrected chi connectivity index (χ3v) is 19.2. The van der Waals surface area contributed by atoms with Crippen molar-refractivity contribution in [2.75, 3.05) is 52.7 Å². The second kappa shape index (κ2) is 66.9. The number of imidazole rings is 1. The van der Waals surface area contributed by atoms with E-state index < -0.39 is 0 Å². The van der Waals surface area contributed by atoms with Gasteiger partial charge in [-0.1, -0.05) is 412 Å². The van der Waals surface area contributed by atoms with Crippen LogP contribution in [-0.2, 0) is 20.5 Å². The Morgan fingerprint density at radius 2 is 0.508 bits per heavy atom. The summed E-state index contributed by atoms with van der Waals surface area (Å²) in [5, 5.41) is 2.68. The minimum absolute atomic E-state index is 0.915. The predicted molar refractivity (Wildman–Crippen MR) is 564 cm³/mol. The fraction of sp³-hybridized carbons (Fsp3) is 0.307. The van der Waals surface area contributed by atoms with Gasteiger partial charge in [0.05, 0.1) is 56.5 Å². The molecule has 4 aliphatic heterocycles. The fourth-order valence-electron chi connectivity index (χ4n) is 13.2. The minimum Gasteiger partial charge on any atom is -0.453 e. The molecule has 9 nitrogen and oxygen atoms in total.